The Morgan fingerprint density at radius 3 is 2.41 bits per heavy atom. The van der Waals surface area contributed by atoms with Crippen LogP contribution < -0.4 is 5.32 Å². The second-order valence-corrected chi connectivity index (χ2v) is 7.53. The van der Waals surface area contributed by atoms with Crippen molar-refractivity contribution in [2.75, 3.05) is 11.9 Å². The van der Waals surface area contributed by atoms with E-state index in [0.29, 0.717) is 10.7 Å². The summed E-state index contributed by atoms with van der Waals surface area (Å²) in [6.07, 6.45) is 3.35. The van der Waals surface area contributed by atoms with Gasteiger partial charge in [-0.15, -0.1) is 0 Å². The predicted molar refractivity (Wildman–Crippen MR) is 104 cm³/mol. The van der Waals surface area contributed by atoms with Gasteiger partial charge in [-0.3, -0.25) is 14.3 Å². The zero-order valence-electron chi connectivity index (χ0n) is 15.8. The molecule has 1 fully saturated rings. The third-order valence-electron chi connectivity index (χ3n) is 5.35. The van der Waals surface area contributed by atoms with Crippen molar-refractivity contribution < 1.29 is 14.3 Å². The SMILES string of the molecule is Cc1nn(C)c(C)c1NC(=O)COC(=O)C1(c2ccc(Cl)cc2)CCCC1. The molecule has 0 saturated heterocycles. The first-order valence-corrected chi connectivity index (χ1v) is 9.44. The van der Waals surface area contributed by atoms with Crippen molar-refractivity contribution in [1.82, 2.24) is 9.78 Å². The number of anilines is 1. The van der Waals surface area contributed by atoms with Crippen LogP contribution in [-0.2, 0) is 26.8 Å². The lowest BCUT2D eigenvalue weighted by atomic mass is 9.79. The number of benzene rings is 1. The van der Waals surface area contributed by atoms with Crippen LogP contribution >= 0.6 is 11.6 Å². The number of carbonyl (C=O) groups excluding carboxylic acids is 2. The first-order valence-electron chi connectivity index (χ1n) is 9.07. The average molecular weight is 390 g/mol. The van der Waals surface area contributed by atoms with Crippen LogP contribution in [0.25, 0.3) is 0 Å². The maximum atomic E-state index is 12.9. The third kappa shape index (κ3) is 3.86. The molecule has 3 rings (SSSR count). The number of esters is 1. The van der Waals surface area contributed by atoms with Gasteiger partial charge in [0.15, 0.2) is 6.61 Å². The number of nitrogens with zero attached hydrogens (tertiary/aromatic N) is 2. The van der Waals surface area contributed by atoms with Gasteiger partial charge in [0, 0.05) is 12.1 Å². The van der Waals surface area contributed by atoms with Crippen molar-refractivity contribution >= 4 is 29.2 Å². The monoisotopic (exact) mass is 389 g/mol. The van der Waals surface area contributed by atoms with Crippen LogP contribution in [0, 0.1) is 13.8 Å². The molecule has 1 amide bonds. The molecule has 1 heterocycles. The minimum absolute atomic E-state index is 0.318. The van der Waals surface area contributed by atoms with Crippen LogP contribution in [-0.4, -0.2) is 28.3 Å². The summed E-state index contributed by atoms with van der Waals surface area (Å²) in [6.45, 7) is 3.38. The highest BCUT2D eigenvalue weighted by Gasteiger charge is 2.44. The summed E-state index contributed by atoms with van der Waals surface area (Å²) in [7, 11) is 1.81. The molecule has 1 aliphatic carbocycles. The molecule has 1 aliphatic rings. The molecule has 6 nitrogen and oxygen atoms in total. The van der Waals surface area contributed by atoms with Gasteiger partial charge in [0.2, 0.25) is 0 Å². The smallest absolute Gasteiger partial charge is 0.317 e. The van der Waals surface area contributed by atoms with E-state index in [-0.39, 0.29) is 18.5 Å². The molecule has 2 aromatic rings. The summed E-state index contributed by atoms with van der Waals surface area (Å²) in [5, 5.41) is 7.68. The summed E-state index contributed by atoms with van der Waals surface area (Å²) >= 11 is 5.97. The zero-order valence-corrected chi connectivity index (χ0v) is 16.6. The van der Waals surface area contributed by atoms with Crippen LogP contribution in [0.1, 0.15) is 42.6 Å². The standard InChI is InChI=1S/C20H24ClN3O3/c1-13-18(14(2)24(3)23-13)22-17(25)12-27-19(26)20(10-4-5-11-20)15-6-8-16(21)9-7-15/h6-9H,4-5,10-12H2,1-3H3,(H,22,25). The molecule has 1 N–H and O–H groups in total. The van der Waals surface area contributed by atoms with E-state index >= 15 is 0 Å². The Labute approximate surface area is 163 Å². The lowest BCUT2D eigenvalue weighted by molar-refractivity contribution is -0.153. The molecular formula is C20H24ClN3O3. The first kappa shape index (κ1) is 19.4. The molecule has 0 spiro atoms. The van der Waals surface area contributed by atoms with Crippen molar-refractivity contribution in [2.45, 2.75) is 44.9 Å². The Morgan fingerprint density at radius 2 is 1.85 bits per heavy atom. The summed E-state index contributed by atoms with van der Waals surface area (Å²) in [6, 6.07) is 7.31. The fourth-order valence-corrected chi connectivity index (χ4v) is 3.88. The van der Waals surface area contributed by atoms with E-state index < -0.39 is 5.41 Å². The number of aromatic nitrogens is 2. The fraction of sp³-hybridized carbons (Fsp3) is 0.450. The number of nitrogens with one attached hydrogen (secondary N) is 1. The van der Waals surface area contributed by atoms with E-state index in [1.165, 1.54) is 0 Å². The van der Waals surface area contributed by atoms with E-state index in [1.54, 1.807) is 16.8 Å². The number of ether oxygens (including phenoxy) is 1. The molecule has 27 heavy (non-hydrogen) atoms. The van der Waals surface area contributed by atoms with Gasteiger partial charge in [0.1, 0.15) is 0 Å². The lowest BCUT2D eigenvalue weighted by Crippen LogP contribution is -2.36. The zero-order chi connectivity index (χ0) is 19.6. The number of amides is 1. The van der Waals surface area contributed by atoms with Crippen LogP contribution in [0.3, 0.4) is 0 Å². The van der Waals surface area contributed by atoms with Gasteiger partial charge in [-0.05, 0) is 44.4 Å². The second kappa shape index (κ2) is 7.72. The molecule has 144 valence electrons. The van der Waals surface area contributed by atoms with Gasteiger partial charge in [0.05, 0.1) is 22.5 Å². The van der Waals surface area contributed by atoms with Crippen molar-refractivity contribution in [2.24, 2.45) is 7.05 Å². The summed E-state index contributed by atoms with van der Waals surface area (Å²) in [5.74, 6) is -0.719. The number of halogens is 1. The van der Waals surface area contributed by atoms with Crippen molar-refractivity contribution in [3.8, 4) is 0 Å². The van der Waals surface area contributed by atoms with Gasteiger partial charge in [-0.1, -0.05) is 36.6 Å². The number of hydrogen-bond donors (Lipinski definition) is 1. The molecule has 0 radical (unpaired) electrons. The van der Waals surface area contributed by atoms with E-state index in [2.05, 4.69) is 10.4 Å². The number of carbonyl (C=O) groups is 2. The lowest BCUT2D eigenvalue weighted by Gasteiger charge is -2.27. The third-order valence-corrected chi connectivity index (χ3v) is 5.60. The maximum absolute atomic E-state index is 12.9. The molecule has 1 saturated carbocycles. The highest BCUT2D eigenvalue weighted by atomic mass is 35.5. The first-order chi connectivity index (χ1) is 12.8. The fourth-order valence-electron chi connectivity index (χ4n) is 3.76. The average Bonchev–Trinajstić information content (AvgIpc) is 3.22. The van der Waals surface area contributed by atoms with Gasteiger partial charge >= 0.3 is 5.97 Å². The topological polar surface area (TPSA) is 73.2 Å². The quantitative estimate of drug-likeness (QED) is 0.791. The molecule has 7 heteroatoms. The van der Waals surface area contributed by atoms with Crippen LogP contribution in [0.5, 0.6) is 0 Å². The van der Waals surface area contributed by atoms with E-state index in [9.17, 15) is 9.59 Å². The van der Waals surface area contributed by atoms with Crippen LogP contribution in [0.2, 0.25) is 5.02 Å². The summed E-state index contributed by atoms with van der Waals surface area (Å²) in [5.41, 5.74) is 2.44. The van der Waals surface area contributed by atoms with Crippen LogP contribution in [0.15, 0.2) is 24.3 Å². The van der Waals surface area contributed by atoms with E-state index in [0.717, 1.165) is 42.6 Å². The maximum Gasteiger partial charge on any atom is 0.317 e. The molecule has 0 atom stereocenters. The Bertz CT molecular complexity index is 852. The van der Waals surface area contributed by atoms with Crippen LogP contribution in [0.4, 0.5) is 5.69 Å². The Kier molecular flexibility index (Phi) is 5.56. The molecule has 0 unspecified atom stereocenters. The highest BCUT2D eigenvalue weighted by molar-refractivity contribution is 6.30. The van der Waals surface area contributed by atoms with Crippen molar-refractivity contribution in [1.29, 1.82) is 0 Å². The minimum Gasteiger partial charge on any atom is -0.455 e. The van der Waals surface area contributed by atoms with Gasteiger partial charge in [-0.2, -0.15) is 5.10 Å². The van der Waals surface area contributed by atoms with Crippen molar-refractivity contribution in [3.63, 3.8) is 0 Å². The minimum atomic E-state index is -0.689. The van der Waals surface area contributed by atoms with Gasteiger partial charge in [0.25, 0.3) is 5.91 Å². The predicted octanol–water partition coefficient (Wildman–Crippen LogP) is 3.68. The molecular weight excluding hydrogens is 366 g/mol. The molecule has 0 bridgehead atoms. The molecule has 1 aromatic carbocycles. The molecule has 0 aliphatic heterocycles. The molecule has 1 aromatic heterocycles. The Morgan fingerprint density at radius 1 is 1.22 bits per heavy atom. The number of rotatable bonds is 5. The van der Waals surface area contributed by atoms with E-state index in [1.807, 2.05) is 33.0 Å². The normalized spacial score (nSPS) is 15.6. The number of hydrogen-bond acceptors (Lipinski definition) is 4. The van der Waals surface area contributed by atoms with E-state index in [4.69, 9.17) is 16.3 Å². The Hall–Kier alpha value is -2.34. The van der Waals surface area contributed by atoms with Crippen molar-refractivity contribution in [3.05, 3.63) is 46.2 Å². The second-order valence-electron chi connectivity index (χ2n) is 7.09. The summed E-state index contributed by atoms with van der Waals surface area (Å²) < 4.78 is 7.12. The van der Waals surface area contributed by atoms with Gasteiger partial charge < -0.3 is 10.1 Å². The number of aryl methyl sites for hydroxylation is 2. The largest absolute Gasteiger partial charge is 0.455 e. The Balaban J connectivity index is 1.68. The summed E-state index contributed by atoms with van der Waals surface area (Å²) in [4.78, 5) is 25.2. The highest BCUT2D eigenvalue weighted by Crippen LogP contribution is 2.42. The van der Waals surface area contributed by atoms with Gasteiger partial charge in [-0.25, -0.2) is 0 Å².